The number of carbonyl (C=O) groups is 4. The van der Waals surface area contributed by atoms with Crippen LogP contribution in [0.5, 0.6) is 34.5 Å². The number of ether oxygens (including phenoxy) is 4. The molecule has 0 bridgehead atoms. The Morgan fingerprint density at radius 3 is 1.04 bits per heavy atom. The van der Waals surface area contributed by atoms with Crippen LogP contribution in [-0.4, -0.2) is 38.1 Å². The summed E-state index contributed by atoms with van der Waals surface area (Å²) in [4.78, 5) is 69.0. The molecule has 4 aromatic rings. The fourth-order valence-electron chi connectivity index (χ4n) is 7.19. The number of esters is 4. The van der Waals surface area contributed by atoms with Gasteiger partial charge in [0.15, 0.2) is 23.0 Å². The van der Waals surface area contributed by atoms with Crippen LogP contribution in [0.3, 0.4) is 0 Å². The molecule has 0 fully saturated rings. The molecule has 0 atom stereocenters. The lowest BCUT2D eigenvalue weighted by molar-refractivity contribution is -0.179. The molecular weight excluding hydrogens is 636 g/mol. The van der Waals surface area contributed by atoms with Gasteiger partial charge in [-0.05, 0) is 122 Å². The molecule has 4 aromatic carbocycles. The third-order valence-electron chi connectivity index (χ3n) is 8.59. The van der Waals surface area contributed by atoms with Gasteiger partial charge in [-0.25, -0.2) is 0 Å². The minimum Gasteiger partial charge on any atom is -0.423 e. The molecule has 0 saturated carbocycles. The maximum Gasteiger partial charge on any atom is 0.308 e. The van der Waals surface area contributed by atoms with E-state index in [1.807, 2.05) is 0 Å². The third kappa shape index (κ3) is 5.44. The van der Waals surface area contributed by atoms with Gasteiger partial charge >= 0.3 is 23.9 Å². The number of fused-ring (bicyclic) bond motifs is 12. The molecule has 12 heteroatoms. The number of hydrogen-bond acceptors (Lipinski definition) is 12. The van der Waals surface area contributed by atoms with Crippen molar-refractivity contribution >= 4 is 23.9 Å². The molecule has 3 aliphatic rings. The van der Waals surface area contributed by atoms with Gasteiger partial charge in [-0.2, -0.15) is 9.78 Å². The molecule has 0 aromatic heterocycles. The molecule has 0 heterocycles. The monoisotopic (exact) mass is 666 g/mol. The van der Waals surface area contributed by atoms with Crippen LogP contribution in [-0.2, 0) is 48.2 Å². The van der Waals surface area contributed by atoms with E-state index in [2.05, 4.69) is 0 Å². The molecule has 3 aliphatic carbocycles. The van der Waals surface area contributed by atoms with Gasteiger partial charge in [0, 0.05) is 27.7 Å². The summed E-state index contributed by atoms with van der Waals surface area (Å²) >= 11 is 0. The van der Waals surface area contributed by atoms with Crippen LogP contribution in [0.4, 0.5) is 0 Å². The van der Waals surface area contributed by atoms with Gasteiger partial charge in [0.2, 0.25) is 11.5 Å². The standard InChI is InChI=1S/C37H30O12/c1-16(38)44-29-10-20-7-26-35(23(20)13-31(29)46-18(3)40)28-9-22-12-33(48-42-5)32(47-19(4)41)14-24(22)36(28)27-8-21-11-30(45-17(2)39)34(49-43-6)15-25(21)37(26)27/h10-15H,7-9H2,1-6H3. The largest absolute Gasteiger partial charge is 0.423 e. The second kappa shape index (κ2) is 12.1. The van der Waals surface area contributed by atoms with Crippen molar-refractivity contribution in [1.29, 1.82) is 0 Å². The van der Waals surface area contributed by atoms with Gasteiger partial charge in [-0.1, -0.05) is 0 Å². The van der Waals surface area contributed by atoms with Crippen molar-refractivity contribution in [1.82, 2.24) is 0 Å². The second-order valence-corrected chi connectivity index (χ2v) is 11.8. The number of benzene rings is 4. The maximum absolute atomic E-state index is 12.1. The minimum absolute atomic E-state index is 0.120. The minimum atomic E-state index is -0.565. The molecule has 0 saturated heterocycles. The van der Waals surface area contributed by atoms with Crippen molar-refractivity contribution in [3.63, 3.8) is 0 Å². The van der Waals surface area contributed by atoms with E-state index in [-0.39, 0.29) is 34.5 Å². The summed E-state index contributed by atoms with van der Waals surface area (Å²) in [6.07, 6.45) is 1.48. The van der Waals surface area contributed by atoms with Crippen LogP contribution in [0.15, 0.2) is 36.4 Å². The van der Waals surface area contributed by atoms with Crippen molar-refractivity contribution in [3.05, 3.63) is 69.8 Å². The molecule has 0 amide bonds. The zero-order valence-electron chi connectivity index (χ0n) is 27.5. The van der Waals surface area contributed by atoms with E-state index < -0.39 is 23.9 Å². The van der Waals surface area contributed by atoms with Gasteiger partial charge in [0.1, 0.15) is 0 Å². The molecule has 0 aliphatic heterocycles. The SMILES string of the molecule is COOc1cc2c(cc1OC(C)=O)Cc1c-2c2c(c3c1-c1cc(OC(C)=O)c(OOC)cc1C3)-c1cc(OC(C)=O)c(OC(C)=O)cc1C2. The molecule has 0 unspecified atom stereocenters. The Morgan fingerprint density at radius 2 is 0.694 bits per heavy atom. The topological polar surface area (TPSA) is 142 Å². The van der Waals surface area contributed by atoms with Crippen molar-refractivity contribution in [3.8, 4) is 67.9 Å². The highest BCUT2D eigenvalue weighted by molar-refractivity contribution is 6.02. The first-order chi connectivity index (χ1) is 23.5. The average molecular weight is 667 g/mol. The molecule has 0 radical (unpaired) electrons. The predicted octanol–water partition coefficient (Wildman–Crippen LogP) is 5.98. The van der Waals surface area contributed by atoms with Gasteiger partial charge in [0.25, 0.3) is 0 Å². The molecular formula is C37H30O12. The summed E-state index contributed by atoms with van der Waals surface area (Å²) in [6, 6.07) is 10.6. The first-order valence-electron chi connectivity index (χ1n) is 15.3. The van der Waals surface area contributed by atoms with Gasteiger partial charge in [-0.15, -0.1) is 0 Å². The van der Waals surface area contributed by atoms with Crippen molar-refractivity contribution in [2.24, 2.45) is 0 Å². The fraction of sp³-hybridized carbons (Fsp3) is 0.243. The highest BCUT2D eigenvalue weighted by atomic mass is 17.2. The van der Waals surface area contributed by atoms with Crippen LogP contribution in [0.1, 0.15) is 61.1 Å². The highest BCUT2D eigenvalue weighted by Crippen LogP contribution is 2.59. The number of rotatable bonds is 8. The zero-order chi connectivity index (χ0) is 34.7. The quantitative estimate of drug-likeness (QED) is 0.0815. The van der Waals surface area contributed by atoms with Gasteiger partial charge < -0.3 is 28.7 Å². The Hall–Kier alpha value is -5.72. The summed E-state index contributed by atoms with van der Waals surface area (Å²) in [7, 11) is 2.73. The van der Waals surface area contributed by atoms with E-state index in [0.717, 1.165) is 66.8 Å². The van der Waals surface area contributed by atoms with E-state index >= 15 is 0 Å². The Bertz CT molecular complexity index is 2140. The maximum atomic E-state index is 12.1. The summed E-state index contributed by atoms with van der Waals surface area (Å²) in [5.74, 6) is -1.01. The zero-order valence-corrected chi connectivity index (χ0v) is 27.5. The van der Waals surface area contributed by atoms with Crippen molar-refractivity contribution in [2.45, 2.75) is 47.0 Å². The van der Waals surface area contributed by atoms with Crippen LogP contribution in [0, 0.1) is 0 Å². The van der Waals surface area contributed by atoms with E-state index in [4.69, 9.17) is 38.5 Å². The lowest BCUT2D eigenvalue weighted by Gasteiger charge is -2.18. The molecule has 0 N–H and O–H groups in total. The summed E-state index contributed by atoms with van der Waals surface area (Å²) < 4.78 is 22.0. The van der Waals surface area contributed by atoms with Gasteiger partial charge in [-0.3, -0.25) is 19.2 Å². The van der Waals surface area contributed by atoms with Crippen molar-refractivity contribution in [2.75, 3.05) is 14.2 Å². The van der Waals surface area contributed by atoms with Crippen LogP contribution >= 0.6 is 0 Å². The molecule has 250 valence electrons. The summed E-state index contributed by atoms with van der Waals surface area (Å²) in [5, 5.41) is 0. The van der Waals surface area contributed by atoms with E-state index in [0.29, 0.717) is 19.3 Å². The number of hydrogen-bond donors (Lipinski definition) is 0. The Morgan fingerprint density at radius 1 is 0.429 bits per heavy atom. The van der Waals surface area contributed by atoms with Crippen LogP contribution < -0.4 is 28.7 Å². The normalized spacial score (nSPS) is 12.5. The smallest absolute Gasteiger partial charge is 0.308 e. The Balaban J connectivity index is 1.52. The van der Waals surface area contributed by atoms with Gasteiger partial charge in [0.05, 0.1) is 14.2 Å². The molecule has 12 nitrogen and oxygen atoms in total. The number of carbonyl (C=O) groups excluding carboxylic acids is 4. The van der Waals surface area contributed by atoms with E-state index in [9.17, 15) is 19.2 Å². The molecule has 49 heavy (non-hydrogen) atoms. The lowest BCUT2D eigenvalue weighted by Crippen LogP contribution is -2.07. The first-order valence-corrected chi connectivity index (χ1v) is 15.3. The summed E-state index contributed by atoms with van der Waals surface area (Å²) in [6.45, 7) is 5.17. The van der Waals surface area contributed by atoms with Crippen molar-refractivity contribution < 1.29 is 57.7 Å². The third-order valence-corrected chi connectivity index (χ3v) is 8.59. The fourth-order valence-corrected chi connectivity index (χ4v) is 7.19. The van der Waals surface area contributed by atoms with Crippen LogP contribution in [0.2, 0.25) is 0 Å². The highest BCUT2D eigenvalue weighted by Gasteiger charge is 2.39. The summed E-state index contributed by atoms with van der Waals surface area (Å²) in [5.41, 5.74) is 11.1. The average Bonchev–Trinajstić information content (AvgIpc) is 3.67. The Labute approximate surface area is 280 Å². The lowest BCUT2D eigenvalue weighted by atomic mass is 9.86. The molecule has 0 spiro atoms. The second-order valence-electron chi connectivity index (χ2n) is 11.8. The first kappa shape index (κ1) is 31.9. The van der Waals surface area contributed by atoms with E-state index in [1.165, 1.54) is 41.9 Å². The Kier molecular flexibility index (Phi) is 7.84. The van der Waals surface area contributed by atoms with Crippen LogP contribution in [0.25, 0.3) is 33.4 Å². The van der Waals surface area contributed by atoms with E-state index in [1.54, 1.807) is 36.4 Å². The predicted molar refractivity (Wildman–Crippen MR) is 172 cm³/mol. The molecule has 7 rings (SSSR count).